The summed E-state index contributed by atoms with van der Waals surface area (Å²) in [5, 5.41) is 11.4. The van der Waals surface area contributed by atoms with Gasteiger partial charge < -0.3 is 0 Å². The van der Waals surface area contributed by atoms with Gasteiger partial charge in [-0.1, -0.05) is 32.9 Å². The number of rotatable bonds is 2. The van der Waals surface area contributed by atoms with Gasteiger partial charge in [-0.25, -0.2) is 4.98 Å². The molecule has 0 aliphatic carbocycles. The first-order chi connectivity index (χ1) is 10.4. The lowest BCUT2D eigenvalue weighted by atomic mass is 9.96. The van der Waals surface area contributed by atoms with E-state index in [4.69, 9.17) is 12.2 Å². The van der Waals surface area contributed by atoms with Crippen LogP contribution >= 0.6 is 12.2 Å². The van der Waals surface area contributed by atoms with Gasteiger partial charge in [-0.15, -0.1) is 0 Å². The summed E-state index contributed by atoms with van der Waals surface area (Å²) in [7, 11) is 0. The molecule has 0 saturated heterocycles. The summed E-state index contributed by atoms with van der Waals surface area (Å²) in [4.78, 5) is 8.87. The molecular formula is C15H16N6S. The van der Waals surface area contributed by atoms with Crippen molar-refractivity contribution < 1.29 is 0 Å². The molecule has 0 spiro atoms. The lowest BCUT2D eigenvalue weighted by Crippen LogP contribution is -2.17. The molecular weight excluding hydrogens is 296 g/mol. The minimum atomic E-state index is -0.167. The van der Waals surface area contributed by atoms with Crippen LogP contribution in [0.5, 0.6) is 0 Å². The highest BCUT2D eigenvalue weighted by atomic mass is 32.1. The Balaban J connectivity index is 2.00. The van der Waals surface area contributed by atoms with E-state index in [1.54, 1.807) is 17.1 Å². The fourth-order valence-corrected chi connectivity index (χ4v) is 2.21. The number of H-pyrrole nitrogens is 1. The van der Waals surface area contributed by atoms with Crippen molar-refractivity contribution in [2.45, 2.75) is 26.2 Å². The van der Waals surface area contributed by atoms with E-state index in [2.05, 4.69) is 46.0 Å². The maximum atomic E-state index is 5.23. The van der Waals surface area contributed by atoms with Crippen LogP contribution in [0.1, 0.15) is 32.3 Å². The molecule has 2 aromatic heterocycles. The highest BCUT2D eigenvalue weighted by Gasteiger charge is 2.21. The standard InChI is InChI=1S/C15H16N6S/c1-15(2,3)13-19-20-14(22)21(13)17-9-10-8-16-11-6-4-5-7-12(11)18-10/h4-9H,1-3H3,(H,20,22)/b17-9-. The minimum Gasteiger partial charge on any atom is -0.252 e. The number of hydrogen-bond donors (Lipinski definition) is 1. The first kappa shape index (κ1) is 14.5. The van der Waals surface area contributed by atoms with Crippen LogP contribution in [0.25, 0.3) is 11.0 Å². The van der Waals surface area contributed by atoms with E-state index in [1.807, 2.05) is 24.3 Å². The Kier molecular flexibility index (Phi) is 3.58. The Hall–Kier alpha value is -2.41. The molecule has 22 heavy (non-hydrogen) atoms. The van der Waals surface area contributed by atoms with Crippen molar-refractivity contribution >= 4 is 29.5 Å². The largest absolute Gasteiger partial charge is 0.252 e. The summed E-state index contributed by atoms with van der Waals surface area (Å²) in [5.74, 6) is 0.766. The van der Waals surface area contributed by atoms with Crippen molar-refractivity contribution in [2.75, 3.05) is 0 Å². The Labute approximate surface area is 132 Å². The van der Waals surface area contributed by atoms with Gasteiger partial charge in [-0.05, 0) is 24.4 Å². The zero-order valence-electron chi connectivity index (χ0n) is 12.6. The van der Waals surface area contributed by atoms with E-state index in [-0.39, 0.29) is 5.41 Å². The molecule has 112 valence electrons. The van der Waals surface area contributed by atoms with Gasteiger partial charge in [0.15, 0.2) is 5.82 Å². The quantitative estimate of drug-likeness (QED) is 0.583. The summed E-state index contributed by atoms with van der Waals surface area (Å²) >= 11 is 5.23. The third-order valence-electron chi connectivity index (χ3n) is 3.09. The van der Waals surface area contributed by atoms with Crippen molar-refractivity contribution in [3.8, 4) is 0 Å². The third kappa shape index (κ3) is 2.80. The lowest BCUT2D eigenvalue weighted by Gasteiger charge is -2.15. The van der Waals surface area contributed by atoms with Gasteiger partial charge in [0.25, 0.3) is 0 Å². The SMILES string of the molecule is CC(C)(C)c1n[nH]c(=S)n1/N=C\c1cnc2ccccc2n1. The molecule has 7 heteroatoms. The predicted molar refractivity (Wildman–Crippen MR) is 88.6 cm³/mol. The fraction of sp³-hybridized carbons (Fsp3) is 0.267. The van der Waals surface area contributed by atoms with E-state index in [0.29, 0.717) is 10.5 Å². The van der Waals surface area contributed by atoms with Crippen LogP contribution in [0.3, 0.4) is 0 Å². The highest BCUT2D eigenvalue weighted by Crippen LogP contribution is 2.19. The van der Waals surface area contributed by atoms with Gasteiger partial charge in [0.05, 0.1) is 23.4 Å². The number of fused-ring (bicyclic) bond motifs is 1. The molecule has 3 aromatic rings. The molecule has 0 unspecified atom stereocenters. The number of benzene rings is 1. The Bertz CT molecular complexity index is 900. The number of para-hydroxylation sites is 2. The van der Waals surface area contributed by atoms with Crippen LogP contribution in [0, 0.1) is 4.77 Å². The number of hydrogen-bond acceptors (Lipinski definition) is 5. The molecule has 0 bridgehead atoms. The first-order valence-electron chi connectivity index (χ1n) is 6.89. The van der Waals surface area contributed by atoms with Crippen LogP contribution in [-0.2, 0) is 5.41 Å². The van der Waals surface area contributed by atoms with Gasteiger partial charge in [0.2, 0.25) is 4.77 Å². The van der Waals surface area contributed by atoms with Crippen molar-refractivity contribution in [2.24, 2.45) is 5.10 Å². The summed E-state index contributed by atoms with van der Waals surface area (Å²) < 4.78 is 2.07. The minimum absolute atomic E-state index is 0.167. The number of nitrogens with one attached hydrogen (secondary N) is 1. The van der Waals surface area contributed by atoms with E-state index < -0.39 is 0 Å². The average molecular weight is 312 g/mol. The highest BCUT2D eigenvalue weighted by molar-refractivity contribution is 7.71. The van der Waals surface area contributed by atoms with Gasteiger partial charge in [0, 0.05) is 5.41 Å². The molecule has 3 rings (SSSR count). The summed E-state index contributed by atoms with van der Waals surface area (Å²) in [6, 6.07) is 7.71. The number of aromatic amines is 1. The van der Waals surface area contributed by atoms with E-state index >= 15 is 0 Å². The molecule has 0 saturated carbocycles. The lowest BCUT2D eigenvalue weighted by molar-refractivity contribution is 0.516. The van der Waals surface area contributed by atoms with Crippen LogP contribution in [0.15, 0.2) is 35.6 Å². The topological polar surface area (TPSA) is 71.8 Å². The monoisotopic (exact) mass is 312 g/mol. The van der Waals surface area contributed by atoms with Gasteiger partial charge in [-0.3, -0.25) is 10.1 Å². The fourth-order valence-electron chi connectivity index (χ4n) is 2.03. The molecule has 0 fully saturated rings. The normalized spacial score (nSPS) is 12.3. The van der Waals surface area contributed by atoms with Crippen molar-refractivity contribution in [3.63, 3.8) is 0 Å². The van der Waals surface area contributed by atoms with E-state index in [0.717, 1.165) is 16.9 Å². The maximum absolute atomic E-state index is 5.23. The molecule has 0 atom stereocenters. The Morgan fingerprint density at radius 1 is 1.23 bits per heavy atom. The molecule has 0 aliphatic heterocycles. The second-order valence-corrected chi connectivity index (χ2v) is 6.33. The van der Waals surface area contributed by atoms with Crippen molar-refractivity contribution in [1.29, 1.82) is 0 Å². The molecule has 0 radical (unpaired) electrons. The molecule has 6 nitrogen and oxygen atoms in total. The molecule has 2 heterocycles. The van der Waals surface area contributed by atoms with Crippen molar-refractivity contribution in [3.05, 3.63) is 46.8 Å². The van der Waals surface area contributed by atoms with E-state index in [9.17, 15) is 0 Å². The van der Waals surface area contributed by atoms with Crippen LogP contribution in [0.4, 0.5) is 0 Å². The zero-order valence-corrected chi connectivity index (χ0v) is 13.4. The van der Waals surface area contributed by atoms with Crippen LogP contribution in [0.2, 0.25) is 0 Å². The van der Waals surface area contributed by atoms with Crippen molar-refractivity contribution in [1.82, 2.24) is 24.8 Å². The smallest absolute Gasteiger partial charge is 0.216 e. The maximum Gasteiger partial charge on any atom is 0.216 e. The number of nitrogens with zero attached hydrogens (tertiary/aromatic N) is 5. The molecule has 0 amide bonds. The van der Waals surface area contributed by atoms with Gasteiger partial charge >= 0.3 is 0 Å². The first-order valence-corrected chi connectivity index (χ1v) is 7.30. The van der Waals surface area contributed by atoms with Crippen LogP contribution in [-0.4, -0.2) is 31.1 Å². The van der Waals surface area contributed by atoms with Gasteiger partial charge in [0.1, 0.15) is 5.69 Å². The molecule has 0 aliphatic rings. The Morgan fingerprint density at radius 2 is 1.95 bits per heavy atom. The van der Waals surface area contributed by atoms with Gasteiger partial charge in [-0.2, -0.15) is 14.9 Å². The zero-order chi connectivity index (χ0) is 15.7. The summed E-state index contributed by atoms with van der Waals surface area (Å²) in [6.45, 7) is 6.17. The molecule has 1 aromatic carbocycles. The third-order valence-corrected chi connectivity index (χ3v) is 3.36. The summed E-state index contributed by atoms with van der Waals surface area (Å²) in [6.07, 6.45) is 3.33. The van der Waals surface area contributed by atoms with Crippen LogP contribution < -0.4 is 0 Å². The average Bonchev–Trinajstić information content (AvgIpc) is 2.86. The Morgan fingerprint density at radius 3 is 2.68 bits per heavy atom. The predicted octanol–water partition coefficient (Wildman–Crippen LogP) is 3.06. The summed E-state index contributed by atoms with van der Waals surface area (Å²) in [5.41, 5.74) is 2.19. The second-order valence-electron chi connectivity index (χ2n) is 5.94. The van der Waals surface area contributed by atoms with E-state index in [1.165, 1.54) is 0 Å². The number of aromatic nitrogens is 5. The second kappa shape index (κ2) is 5.42. The molecule has 1 N–H and O–H groups in total.